The number of amides is 2. The van der Waals surface area contributed by atoms with Crippen molar-refractivity contribution in [3.8, 4) is 0 Å². The molecule has 1 fully saturated rings. The molecule has 3 rings (SSSR count). The highest BCUT2D eigenvalue weighted by atomic mass is 32.1. The van der Waals surface area contributed by atoms with Crippen molar-refractivity contribution in [3.63, 3.8) is 0 Å². The smallest absolute Gasteiger partial charge is 0.308 e. The second kappa shape index (κ2) is 7.29. The number of carbonyl (C=O) groups is 2. The van der Waals surface area contributed by atoms with Gasteiger partial charge in [-0.2, -0.15) is 0 Å². The number of hydrogen-bond donors (Lipinski definition) is 2. The van der Waals surface area contributed by atoms with E-state index < -0.39 is 11.8 Å². The van der Waals surface area contributed by atoms with Gasteiger partial charge in [-0.05, 0) is 0 Å². The second-order valence-electron chi connectivity index (χ2n) is 4.72. The molecule has 3 heterocycles. The zero-order valence-electron chi connectivity index (χ0n) is 12.2. The van der Waals surface area contributed by atoms with E-state index in [-0.39, 0.29) is 11.5 Å². The summed E-state index contributed by atoms with van der Waals surface area (Å²) in [6, 6.07) is 0. The largest absolute Gasteiger partial charge is 0.494 e. The van der Waals surface area contributed by atoms with Gasteiger partial charge >= 0.3 is 5.91 Å². The summed E-state index contributed by atoms with van der Waals surface area (Å²) in [5, 5.41) is 2.41. The van der Waals surface area contributed by atoms with Crippen LogP contribution in [0.25, 0.3) is 0 Å². The van der Waals surface area contributed by atoms with Crippen molar-refractivity contribution in [1.82, 2.24) is 15.8 Å². The topological polar surface area (TPSA) is 102 Å². The van der Waals surface area contributed by atoms with Crippen LogP contribution in [0.3, 0.4) is 0 Å². The minimum absolute atomic E-state index is 0.0174. The Bertz CT molecular complexity index is 611. The Morgan fingerprint density at radius 1 is 1.13 bits per heavy atom. The monoisotopic (exact) mass is 340 g/mol. The fraction of sp³-hybridized carbons (Fsp3) is 0.462. The summed E-state index contributed by atoms with van der Waals surface area (Å²) in [7, 11) is 0. The van der Waals surface area contributed by atoms with Crippen LogP contribution in [0.5, 0.6) is 0 Å². The lowest BCUT2D eigenvalue weighted by atomic mass is 10.4. The third-order valence-corrected chi connectivity index (χ3v) is 4.07. The van der Waals surface area contributed by atoms with Crippen molar-refractivity contribution in [2.75, 3.05) is 44.4 Å². The lowest BCUT2D eigenvalue weighted by molar-refractivity contribution is -0.123. The Balaban J connectivity index is 1.53. The average molecular weight is 340 g/mol. The van der Waals surface area contributed by atoms with Crippen molar-refractivity contribution in [3.05, 3.63) is 23.1 Å². The summed E-state index contributed by atoms with van der Waals surface area (Å²) in [4.78, 5) is 30.1. The molecule has 0 bridgehead atoms. The van der Waals surface area contributed by atoms with Crippen LogP contribution in [0.15, 0.2) is 17.4 Å². The number of hydrogen-bond acceptors (Lipinski definition) is 8. The molecule has 0 spiro atoms. The molecule has 0 unspecified atom stereocenters. The lowest BCUT2D eigenvalue weighted by Crippen LogP contribution is -2.43. The first-order valence-electron chi connectivity index (χ1n) is 7.07. The fourth-order valence-electron chi connectivity index (χ4n) is 2.00. The molecule has 2 N–H and O–H groups in total. The van der Waals surface area contributed by atoms with Gasteiger partial charge in [-0.25, -0.2) is 4.98 Å². The van der Waals surface area contributed by atoms with Gasteiger partial charge in [0.1, 0.15) is 25.2 Å². The van der Waals surface area contributed by atoms with E-state index in [2.05, 4.69) is 20.7 Å². The number of thiazole rings is 1. The number of aromatic nitrogens is 1. The number of anilines is 1. The van der Waals surface area contributed by atoms with Crippen molar-refractivity contribution in [2.24, 2.45) is 0 Å². The Morgan fingerprint density at radius 2 is 1.91 bits per heavy atom. The molecule has 10 heteroatoms. The SMILES string of the molecule is O=C(NNC(=O)c1csc(N2CCOCC2)n1)C1=COCCO1. The molecule has 2 amide bonds. The minimum Gasteiger partial charge on any atom is -0.494 e. The van der Waals surface area contributed by atoms with Gasteiger partial charge in [0.2, 0.25) is 5.76 Å². The van der Waals surface area contributed by atoms with E-state index in [0.29, 0.717) is 26.4 Å². The van der Waals surface area contributed by atoms with Gasteiger partial charge in [0.15, 0.2) is 5.13 Å². The van der Waals surface area contributed by atoms with Crippen LogP contribution < -0.4 is 15.8 Å². The number of rotatable bonds is 3. The summed E-state index contributed by atoms with van der Waals surface area (Å²) in [5.74, 6) is -1.06. The van der Waals surface area contributed by atoms with Gasteiger partial charge in [0.25, 0.3) is 5.91 Å². The van der Waals surface area contributed by atoms with Gasteiger partial charge in [0.05, 0.1) is 13.2 Å². The third kappa shape index (κ3) is 3.90. The molecular weight excluding hydrogens is 324 g/mol. The van der Waals surface area contributed by atoms with E-state index in [4.69, 9.17) is 14.2 Å². The molecule has 23 heavy (non-hydrogen) atoms. The molecule has 2 aliphatic rings. The minimum atomic E-state index is -0.582. The molecule has 0 aromatic carbocycles. The quantitative estimate of drug-likeness (QED) is 0.724. The molecule has 124 valence electrons. The van der Waals surface area contributed by atoms with Crippen LogP contribution in [0, 0.1) is 0 Å². The Morgan fingerprint density at radius 3 is 2.65 bits per heavy atom. The van der Waals surface area contributed by atoms with Gasteiger partial charge in [-0.3, -0.25) is 20.4 Å². The molecule has 0 aliphatic carbocycles. The predicted molar refractivity (Wildman–Crippen MR) is 80.7 cm³/mol. The highest BCUT2D eigenvalue weighted by Crippen LogP contribution is 2.21. The van der Waals surface area contributed by atoms with E-state index >= 15 is 0 Å². The lowest BCUT2D eigenvalue weighted by Gasteiger charge is -2.25. The first-order valence-corrected chi connectivity index (χ1v) is 7.95. The first-order chi connectivity index (χ1) is 11.2. The van der Waals surface area contributed by atoms with Crippen LogP contribution >= 0.6 is 11.3 Å². The number of nitrogens with zero attached hydrogens (tertiary/aromatic N) is 2. The number of morpholine rings is 1. The third-order valence-electron chi connectivity index (χ3n) is 3.17. The standard InChI is InChI=1S/C13H16N4O5S/c18-11(15-16-12(19)10-7-21-5-6-22-10)9-8-23-13(14-9)17-1-3-20-4-2-17/h7-8H,1-6H2,(H,15,18)(H,16,19). The molecule has 9 nitrogen and oxygen atoms in total. The van der Waals surface area contributed by atoms with Gasteiger partial charge in [0, 0.05) is 18.5 Å². The van der Waals surface area contributed by atoms with Crippen molar-refractivity contribution < 1.29 is 23.8 Å². The molecular formula is C13H16N4O5S. The highest BCUT2D eigenvalue weighted by molar-refractivity contribution is 7.13. The Kier molecular flexibility index (Phi) is 4.93. The van der Waals surface area contributed by atoms with Gasteiger partial charge < -0.3 is 19.1 Å². The summed E-state index contributed by atoms with van der Waals surface area (Å²) in [6.45, 7) is 3.48. The zero-order chi connectivity index (χ0) is 16.1. The van der Waals surface area contributed by atoms with Gasteiger partial charge in [-0.1, -0.05) is 0 Å². The maximum absolute atomic E-state index is 12.0. The van der Waals surface area contributed by atoms with Gasteiger partial charge in [-0.15, -0.1) is 11.3 Å². The molecule has 1 saturated heterocycles. The van der Waals surface area contributed by atoms with E-state index in [1.165, 1.54) is 17.6 Å². The van der Waals surface area contributed by atoms with Crippen molar-refractivity contribution >= 4 is 28.3 Å². The first kappa shape index (κ1) is 15.6. The molecule has 2 aliphatic heterocycles. The average Bonchev–Trinajstić information content (AvgIpc) is 3.11. The molecule has 0 saturated carbocycles. The van der Waals surface area contributed by atoms with E-state index in [1.54, 1.807) is 5.38 Å². The van der Waals surface area contributed by atoms with Crippen LogP contribution in [-0.4, -0.2) is 56.3 Å². The summed E-state index contributed by atoms with van der Waals surface area (Å²) in [6.07, 6.45) is 1.21. The molecule has 0 radical (unpaired) electrons. The van der Waals surface area contributed by atoms with E-state index in [0.717, 1.165) is 18.2 Å². The predicted octanol–water partition coefficient (Wildman–Crippen LogP) is -0.371. The fourth-order valence-corrected chi connectivity index (χ4v) is 2.85. The Labute approximate surface area is 136 Å². The maximum Gasteiger partial charge on any atom is 0.308 e. The maximum atomic E-state index is 12.0. The highest BCUT2D eigenvalue weighted by Gasteiger charge is 2.19. The number of hydrazine groups is 1. The number of nitrogens with one attached hydrogen (secondary N) is 2. The Hall–Kier alpha value is -2.33. The molecule has 1 aromatic rings. The van der Waals surface area contributed by atoms with Crippen LogP contribution in [-0.2, 0) is 19.0 Å². The van der Waals surface area contributed by atoms with Crippen LogP contribution in [0.2, 0.25) is 0 Å². The summed E-state index contributed by atoms with van der Waals surface area (Å²) >= 11 is 1.38. The van der Waals surface area contributed by atoms with Crippen LogP contribution in [0.4, 0.5) is 5.13 Å². The normalized spacial score (nSPS) is 17.6. The molecule has 0 atom stereocenters. The van der Waals surface area contributed by atoms with E-state index in [9.17, 15) is 9.59 Å². The van der Waals surface area contributed by atoms with Crippen LogP contribution in [0.1, 0.15) is 10.5 Å². The second-order valence-corrected chi connectivity index (χ2v) is 5.56. The number of ether oxygens (including phenoxy) is 3. The molecule has 1 aromatic heterocycles. The van der Waals surface area contributed by atoms with Crippen molar-refractivity contribution in [2.45, 2.75) is 0 Å². The van der Waals surface area contributed by atoms with E-state index in [1.807, 2.05) is 0 Å². The summed E-state index contributed by atoms with van der Waals surface area (Å²) < 4.78 is 15.4. The number of carbonyl (C=O) groups excluding carboxylic acids is 2. The summed E-state index contributed by atoms with van der Waals surface area (Å²) in [5.41, 5.74) is 4.80. The van der Waals surface area contributed by atoms with Crippen molar-refractivity contribution in [1.29, 1.82) is 0 Å². The zero-order valence-corrected chi connectivity index (χ0v) is 13.1.